The lowest BCUT2D eigenvalue weighted by Gasteiger charge is -2.23. The minimum absolute atomic E-state index is 0.0298. The minimum atomic E-state index is -0.0818. The molecule has 1 saturated heterocycles. The second kappa shape index (κ2) is 10.1. The molecular formula is C24H28N2O4S. The summed E-state index contributed by atoms with van der Waals surface area (Å²) < 4.78 is 17.9. The van der Waals surface area contributed by atoms with Gasteiger partial charge >= 0.3 is 0 Å². The predicted octanol–water partition coefficient (Wildman–Crippen LogP) is 5.31. The van der Waals surface area contributed by atoms with Gasteiger partial charge in [0.1, 0.15) is 11.5 Å². The molecule has 0 radical (unpaired) electrons. The Labute approximate surface area is 186 Å². The van der Waals surface area contributed by atoms with Gasteiger partial charge in [0.15, 0.2) is 5.13 Å². The van der Waals surface area contributed by atoms with Crippen molar-refractivity contribution in [3.05, 3.63) is 48.0 Å². The summed E-state index contributed by atoms with van der Waals surface area (Å²) in [6, 6.07) is 13.1. The molecule has 2 heterocycles. The number of aromatic nitrogens is 1. The molecule has 1 aromatic heterocycles. The van der Waals surface area contributed by atoms with Gasteiger partial charge in [-0.25, -0.2) is 4.98 Å². The predicted molar refractivity (Wildman–Crippen MR) is 124 cm³/mol. The molecule has 1 amide bonds. The van der Waals surface area contributed by atoms with Crippen LogP contribution < -0.4 is 14.4 Å². The maximum atomic E-state index is 13.5. The Hall–Kier alpha value is -2.64. The Morgan fingerprint density at radius 3 is 2.74 bits per heavy atom. The summed E-state index contributed by atoms with van der Waals surface area (Å²) >= 11 is 1.51. The van der Waals surface area contributed by atoms with E-state index >= 15 is 0 Å². The highest BCUT2D eigenvalue weighted by atomic mass is 32.1. The lowest BCUT2D eigenvalue weighted by atomic mass is 10.1. The summed E-state index contributed by atoms with van der Waals surface area (Å²) in [5.41, 5.74) is 1.43. The van der Waals surface area contributed by atoms with Crippen molar-refractivity contribution in [1.82, 2.24) is 4.98 Å². The van der Waals surface area contributed by atoms with Gasteiger partial charge in [0.25, 0.3) is 5.91 Å². The maximum absolute atomic E-state index is 13.5. The lowest BCUT2D eigenvalue weighted by molar-refractivity contribution is 0.0917. The number of anilines is 1. The number of benzene rings is 2. The molecule has 1 unspecified atom stereocenters. The van der Waals surface area contributed by atoms with E-state index in [-0.39, 0.29) is 12.0 Å². The third-order valence-corrected chi connectivity index (χ3v) is 6.40. The highest BCUT2D eigenvalue weighted by molar-refractivity contribution is 7.22. The summed E-state index contributed by atoms with van der Waals surface area (Å²) in [6.07, 6.45) is 4.10. The topological polar surface area (TPSA) is 60.9 Å². The summed E-state index contributed by atoms with van der Waals surface area (Å²) in [5.74, 6) is 1.45. The molecule has 1 fully saturated rings. The van der Waals surface area contributed by atoms with E-state index in [9.17, 15) is 4.79 Å². The van der Waals surface area contributed by atoms with Crippen LogP contribution in [0.15, 0.2) is 42.5 Å². The van der Waals surface area contributed by atoms with Crippen LogP contribution >= 0.6 is 11.3 Å². The number of unbranched alkanes of at least 4 members (excludes halogenated alkanes) is 1. The van der Waals surface area contributed by atoms with Gasteiger partial charge in [-0.05, 0) is 55.7 Å². The van der Waals surface area contributed by atoms with Crippen molar-refractivity contribution >= 4 is 32.6 Å². The fourth-order valence-electron chi connectivity index (χ4n) is 3.56. The standard InChI is InChI=1S/C24H28N2O4S/c1-3-4-13-29-18-9-7-17(8-10-18)23(27)26(16-20-6-5-14-30-20)24-25-21-15-19(28-2)11-12-22(21)31-24/h7-12,15,20H,3-6,13-14,16H2,1-2H3. The van der Waals surface area contributed by atoms with E-state index in [4.69, 9.17) is 19.2 Å². The van der Waals surface area contributed by atoms with Crippen LogP contribution in [0.4, 0.5) is 5.13 Å². The van der Waals surface area contributed by atoms with E-state index < -0.39 is 0 Å². The fraction of sp³-hybridized carbons (Fsp3) is 0.417. The molecule has 3 aromatic rings. The second-order valence-electron chi connectivity index (χ2n) is 7.61. The third kappa shape index (κ3) is 5.17. The first-order valence-electron chi connectivity index (χ1n) is 10.8. The molecule has 0 saturated carbocycles. The number of fused-ring (bicyclic) bond motifs is 1. The maximum Gasteiger partial charge on any atom is 0.260 e. The summed E-state index contributed by atoms with van der Waals surface area (Å²) in [5, 5.41) is 0.673. The number of amides is 1. The van der Waals surface area contributed by atoms with Crippen molar-refractivity contribution in [2.45, 2.75) is 38.7 Å². The van der Waals surface area contributed by atoms with Gasteiger partial charge in [0, 0.05) is 18.2 Å². The first-order valence-corrected chi connectivity index (χ1v) is 11.6. The zero-order valence-corrected chi connectivity index (χ0v) is 18.8. The van der Waals surface area contributed by atoms with E-state index in [1.165, 1.54) is 11.3 Å². The molecule has 1 aliphatic heterocycles. The molecule has 0 N–H and O–H groups in total. The van der Waals surface area contributed by atoms with Gasteiger partial charge in [-0.15, -0.1) is 0 Å². The Morgan fingerprint density at radius 1 is 1.23 bits per heavy atom. The number of rotatable bonds is 9. The van der Waals surface area contributed by atoms with Crippen LogP contribution in [0.5, 0.6) is 11.5 Å². The minimum Gasteiger partial charge on any atom is -0.497 e. The zero-order valence-electron chi connectivity index (χ0n) is 18.0. The van der Waals surface area contributed by atoms with E-state index in [0.29, 0.717) is 23.8 Å². The fourth-order valence-corrected chi connectivity index (χ4v) is 4.51. The molecule has 1 aliphatic rings. The van der Waals surface area contributed by atoms with Crippen LogP contribution in [-0.2, 0) is 4.74 Å². The lowest BCUT2D eigenvalue weighted by Crippen LogP contribution is -2.37. The molecular weight excluding hydrogens is 412 g/mol. The number of hydrogen-bond acceptors (Lipinski definition) is 6. The number of hydrogen-bond donors (Lipinski definition) is 0. The largest absolute Gasteiger partial charge is 0.497 e. The number of methoxy groups -OCH3 is 1. The van der Waals surface area contributed by atoms with Gasteiger partial charge in [0.2, 0.25) is 0 Å². The number of carbonyl (C=O) groups is 1. The van der Waals surface area contributed by atoms with E-state index in [1.807, 2.05) is 42.5 Å². The Bertz CT molecular complexity index is 1010. The molecule has 1 atom stereocenters. The smallest absolute Gasteiger partial charge is 0.260 e. The zero-order chi connectivity index (χ0) is 21.6. The van der Waals surface area contributed by atoms with Crippen LogP contribution in [0.1, 0.15) is 43.0 Å². The van der Waals surface area contributed by atoms with Gasteiger partial charge in [-0.1, -0.05) is 24.7 Å². The summed E-state index contributed by atoms with van der Waals surface area (Å²) in [7, 11) is 1.64. The van der Waals surface area contributed by atoms with Crippen LogP contribution in [0.2, 0.25) is 0 Å². The van der Waals surface area contributed by atoms with E-state index in [2.05, 4.69) is 6.92 Å². The van der Waals surface area contributed by atoms with E-state index in [0.717, 1.165) is 54.0 Å². The molecule has 0 bridgehead atoms. The molecule has 6 nitrogen and oxygen atoms in total. The van der Waals surface area contributed by atoms with Crippen molar-refractivity contribution in [2.24, 2.45) is 0 Å². The van der Waals surface area contributed by atoms with Crippen LogP contribution in [0.3, 0.4) is 0 Å². The number of nitrogens with zero attached hydrogens (tertiary/aromatic N) is 2. The van der Waals surface area contributed by atoms with Gasteiger partial charge in [-0.2, -0.15) is 0 Å². The van der Waals surface area contributed by atoms with Gasteiger partial charge in [0.05, 0.1) is 36.6 Å². The highest BCUT2D eigenvalue weighted by Crippen LogP contribution is 2.33. The molecule has 2 aromatic carbocycles. The Kier molecular flexibility index (Phi) is 7.04. The van der Waals surface area contributed by atoms with Gasteiger partial charge < -0.3 is 14.2 Å². The van der Waals surface area contributed by atoms with E-state index in [1.54, 1.807) is 12.0 Å². The summed E-state index contributed by atoms with van der Waals surface area (Å²) in [4.78, 5) is 20.0. The number of thiazole rings is 1. The van der Waals surface area contributed by atoms with Crippen LogP contribution in [-0.4, -0.2) is 43.9 Å². The monoisotopic (exact) mass is 440 g/mol. The molecule has 4 rings (SSSR count). The average molecular weight is 441 g/mol. The first-order chi connectivity index (χ1) is 15.2. The van der Waals surface area contributed by atoms with Crippen molar-refractivity contribution < 1.29 is 19.0 Å². The van der Waals surface area contributed by atoms with Crippen LogP contribution in [0, 0.1) is 0 Å². The highest BCUT2D eigenvalue weighted by Gasteiger charge is 2.27. The Balaban J connectivity index is 1.59. The SMILES string of the molecule is CCCCOc1ccc(C(=O)N(CC2CCCO2)c2nc3cc(OC)ccc3s2)cc1. The molecule has 7 heteroatoms. The van der Waals surface area contributed by atoms with Crippen molar-refractivity contribution in [2.75, 3.05) is 31.8 Å². The summed E-state index contributed by atoms with van der Waals surface area (Å²) in [6.45, 7) is 4.05. The Morgan fingerprint density at radius 2 is 2.03 bits per heavy atom. The first kappa shape index (κ1) is 21.6. The van der Waals surface area contributed by atoms with Crippen molar-refractivity contribution in [1.29, 1.82) is 0 Å². The number of carbonyl (C=O) groups excluding carboxylic acids is 1. The molecule has 0 aliphatic carbocycles. The van der Waals surface area contributed by atoms with Crippen LogP contribution in [0.25, 0.3) is 10.2 Å². The molecule has 164 valence electrons. The quantitative estimate of drug-likeness (QED) is 0.422. The second-order valence-corrected chi connectivity index (χ2v) is 8.62. The van der Waals surface area contributed by atoms with Crippen molar-refractivity contribution in [3.8, 4) is 11.5 Å². The molecule has 31 heavy (non-hydrogen) atoms. The third-order valence-electron chi connectivity index (χ3n) is 5.34. The van der Waals surface area contributed by atoms with Crippen molar-refractivity contribution in [3.63, 3.8) is 0 Å². The molecule has 0 spiro atoms. The average Bonchev–Trinajstić information content (AvgIpc) is 3.46. The van der Waals surface area contributed by atoms with Gasteiger partial charge in [-0.3, -0.25) is 9.69 Å². The number of ether oxygens (including phenoxy) is 3. The normalized spacial score (nSPS) is 15.9.